The summed E-state index contributed by atoms with van der Waals surface area (Å²) in [7, 11) is 1.59. The predicted octanol–water partition coefficient (Wildman–Crippen LogP) is 1.76. The van der Waals surface area contributed by atoms with Crippen molar-refractivity contribution in [1.29, 1.82) is 0 Å². The number of likely N-dealkylation sites (tertiary alicyclic amines) is 1. The number of hydrogen-bond donors (Lipinski definition) is 1. The fourth-order valence-corrected chi connectivity index (χ4v) is 2.97. The number of carbonyl (C=O) groups excluding carboxylic acids is 2. The third-order valence-corrected chi connectivity index (χ3v) is 4.45. The van der Waals surface area contributed by atoms with E-state index in [-0.39, 0.29) is 36.0 Å². The van der Waals surface area contributed by atoms with Gasteiger partial charge in [-0.2, -0.15) is 0 Å². The molecule has 5 nitrogen and oxygen atoms in total. The van der Waals surface area contributed by atoms with E-state index in [9.17, 15) is 14.0 Å². The number of amides is 2. The minimum Gasteiger partial charge on any atom is -0.383 e. The molecule has 2 rings (SSSR count). The van der Waals surface area contributed by atoms with E-state index in [1.54, 1.807) is 24.1 Å². The highest BCUT2D eigenvalue weighted by molar-refractivity contribution is 5.82. The maximum absolute atomic E-state index is 13.0. The molecule has 2 amide bonds. The van der Waals surface area contributed by atoms with E-state index in [1.165, 1.54) is 12.1 Å². The quantitative estimate of drug-likeness (QED) is 0.806. The second kappa shape index (κ2) is 8.78. The average Bonchev–Trinajstić information content (AvgIpc) is 2.57. The molecule has 24 heavy (non-hydrogen) atoms. The SMILES string of the molecule is COCCNC(=O)[C@H]1CC[C@H](C)N(C(=O)Cc2ccc(F)cc2)C1. The van der Waals surface area contributed by atoms with Gasteiger partial charge in [0.05, 0.1) is 18.9 Å². The summed E-state index contributed by atoms with van der Waals surface area (Å²) in [5.41, 5.74) is 0.778. The normalized spacial score (nSPS) is 20.7. The minimum absolute atomic E-state index is 0.0245. The molecule has 2 atom stereocenters. The number of nitrogens with one attached hydrogen (secondary N) is 1. The van der Waals surface area contributed by atoms with Crippen LogP contribution >= 0.6 is 0 Å². The first-order chi connectivity index (χ1) is 11.5. The van der Waals surface area contributed by atoms with Gasteiger partial charge in [-0.05, 0) is 37.5 Å². The Morgan fingerprint density at radius 3 is 2.67 bits per heavy atom. The van der Waals surface area contributed by atoms with Crippen molar-refractivity contribution in [2.75, 3.05) is 26.8 Å². The summed E-state index contributed by atoms with van der Waals surface area (Å²) < 4.78 is 17.9. The summed E-state index contributed by atoms with van der Waals surface area (Å²) in [5, 5.41) is 2.84. The van der Waals surface area contributed by atoms with Crippen molar-refractivity contribution >= 4 is 11.8 Å². The molecule has 0 saturated carbocycles. The van der Waals surface area contributed by atoms with Gasteiger partial charge in [-0.15, -0.1) is 0 Å². The summed E-state index contributed by atoms with van der Waals surface area (Å²) >= 11 is 0. The smallest absolute Gasteiger partial charge is 0.227 e. The monoisotopic (exact) mass is 336 g/mol. The first kappa shape index (κ1) is 18.4. The number of benzene rings is 1. The van der Waals surface area contributed by atoms with Crippen molar-refractivity contribution in [3.63, 3.8) is 0 Å². The Bertz CT molecular complexity index is 562. The van der Waals surface area contributed by atoms with Crippen LogP contribution in [-0.4, -0.2) is 49.6 Å². The maximum atomic E-state index is 13.0. The van der Waals surface area contributed by atoms with Gasteiger partial charge in [0.25, 0.3) is 0 Å². The average molecular weight is 336 g/mol. The molecular weight excluding hydrogens is 311 g/mol. The number of hydrogen-bond acceptors (Lipinski definition) is 3. The lowest BCUT2D eigenvalue weighted by Gasteiger charge is -2.37. The van der Waals surface area contributed by atoms with Crippen molar-refractivity contribution in [3.05, 3.63) is 35.6 Å². The van der Waals surface area contributed by atoms with Crippen LogP contribution in [0.25, 0.3) is 0 Å². The molecule has 132 valence electrons. The molecule has 1 fully saturated rings. The molecule has 1 aromatic carbocycles. The molecule has 0 spiro atoms. The standard InChI is InChI=1S/C18H25FN2O3/c1-13-3-6-15(18(23)20-9-10-24-2)12-21(13)17(22)11-14-4-7-16(19)8-5-14/h4-5,7-8,13,15H,3,6,9-12H2,1-2H3,(H,20,23)/t13-,15-/m0/s1. The zero-order chi connectivity index (χ0) is 17.5. The van der Waals surface area contributed by atoms with E-state index in [1.807, 2.05) is 6.92 Å². The summed E-state index contributed by atoms with van der Waals surface area (Å²) in [6.07, 6.45) is 1.81. The Hall–Kier alpha value is -1.95. The van der Waals surface area contributed by atoms with Crippen LogP contribution in [0.4, 0.5) is 4.39 Å². The van der Waals surface area contributed by atoms with Gasteiger partial charge in [0, 0.05) is 26.2 Å². The molecule has 1 heterocycles. The predicted molar refractivity (Wildman–Crippen MR) is 88.9 cm³/mol. The van der Waals surface area contributed by atoms with Gasteiger partial charge in [-0.3, -0.25) is 9.59 Å². The van der Waals surface area contributed by atoms with Crippen LogP contribution in [-0.2, 0) is 20.7 Å². The highest BCUT2D eigenvalue weighted by atomic mass is 19.1. The molecule has 0 radical (unpaired) electrons. The molecule has 6 heteroatoms. The number of rotatable bonds is 6. The number of carbonyl (C=O) groups is 2. The van der Waals surface area contributed by atoms with E-state index in [2.05, 4.69) is 5.32 Å². The molecule has 0 aromatic heterocycles. The molecule has 1 aromatic rings. The number of ether oxygens (including phenoxy) is 1. The molecule has 0 unspecified atom stereocenters. The Labute approximate surface area is 142 Å². The van der Waals surface area contributed by atoms with Crippen molar-refractivity contribution in [2.24, 2.45) is 5.92 Å². The zero-order valence-corrected chi connectivity index (χ0v) is 14.3. The Morgan fingerprint density at radius 2 is 2.00 bits per heavy atom. The van der Waals surface area contributed by atoms with Crippen molar-refractivity contribution in [3.8, 4) is 0 Å². The largest absolute Gasteiger partial charge is 0.383 e. The maximum Gasteiger partial charge on any atom is 0.227 e. The topological polar surface area (TPSA) is 58.6 Å². The highest BCUT2D eigenvalue weighted by Crippen LogP contribution is 2.23. The third kappa shape index (κ3) is 5.03. The van der Waals surface area contributed by atoms with Gasteiger partial charge in [-0.25, -0.2) is 4.39 Å². The van der Waals surface area contributed by atoms with E-state index < -0.39 is 0 Å². The Morgan fingerprint density at radius 1 is 1.29 bits per heavy atom. The van der Waals surface area contributed by atoms with Crippen LogP contribution < -0.4 is 5.32 Å². The van der Waals surface area contributed by atoms with Crippen molar-refractivity contribution in [2.45, 2.75) is 32.2 Å². The summed E-state index contributed by atoms with van der Waals surface area (Å²) in [6, 6.07) is 6.07. The summed E-state index contributed by atoms with van der Waals surface area (Å²) in [6.45, 7) is 3.38. The number of nitrogens with zero attached hydrogens (tertiary/aromatic N) is 1. The number of methoxy groups -OCH3 is 1. The highest BCUT2D eigenvalue weighted by Gasteiger charge is 2.32. The van der Waals surface area contributed by atoms with Gasteiger partial charge < -0.3 is 15.0 Å². The number of halogens is 1. The lowest BCUT2D eigenvalue weighted by Crippen LogP contribution is -2.50. The second-order valence-electron chi connectivity index (χ2n) is 6.26. The van der Waals surface area contributed by atoms with Crippen LogP contribution in [0.1, 0.15) is 25.3 Å². The van der Waals surface area contributed by atoms with Gasteiger partial charge in [0.1, 0.15) is 5.82 Å². The molecule has 0 bridgehead atoms. The van der Waals surface area contributed by atoms with Crippen LogP contribution in [0.15, 0.2) is 24.3 Å². The van der Waals surface area contributed by atoms with Crippen LogP contribution in [0.3, 0.4) is 0 Å². The summed E-state index contributed by atoms with van der Waals surface area (Å²) in [4.78, 5) is 26.5. The van der Waals surface area contributed by atoms with Gasteiger partial charge in [0.2, 0.25) is 11.8 Å². The number of piperidine rings is 1. The van der Waals surface area contributed by atoms with Gasteiger partial charge >= 0.3 is 0 Å². The van der Waals surface area contributed by atoms with Crippen LogP contribution in [0.5, 0.6) is 0 Å². The lowest BCUT2D eigenvalue weighted by molar-refractivity contribution is -0.137. The van der Waals surface area contributed by atoms with Crippen molar-refractivity contribution in [1.82, 2.24) is 10.2 Å². The van der Waals surface area contributed by atoms with Crippen LogP contribution in [0.2, 0.25) is 0 Å². The molecule has 1 aliphatic rings. The van der Waals surface area contributed by atoms with E-state index in [4.69, 9.17) is 4.74 Å². The molecule has 1 aliphatic heterocycles. The third-order valence-electron chi connectivity index (χ3n) is 4.45. The minimum atomic E-state index is -0.315. The van der Waals surface area contributed by atoms with Gasteiger partial charge in [-0.1, -0.05) is 12.1 Å². The molecular formula is C18H25FN2O3. The fraction of sp³-hybridized carbons (Fsp3) is 0.556. The molecule has 0 aliphatic carbocycles. The van der Waals surface area contributed by atoms with E-state index in [0.717, 1.165) is 18.4 Å². The molecule has 1 N–H and O–H groups in total. The second-order valence-corrected chi connectivity index (χ2v) is 6.26. The Kier molecular flexibility index (Phi) is 6.73. The first-order valence-corrected chi connectivity index (χ1v) is 8.31. The van der Waals surface area contributed by atoms with E-state index >= 15 is 0 Å². The van der Waals surface area contributed by atoms with Crippen LogP contribution in [0, 0.1) is 11.7 Å². The Balaban J connectivity index is 1.93. The summed E-state index contributed by atoms with van der Waals surface area (Å²) in [5.74, 6) is -0.553. The van der Waals surface area contributed by atoms with Crippen molar-refractivity contribution < 1.29 is 18.7 Å². The first-order valence-electron chi connectivity index (χ1n) is 8.31. The van der Waals surface area contributed by atoms with E-state index in [0.29, 0.717) is 19.7 Å². The molecule has 1 saturated heterocycles. The van der Waals surface area contributed by atoms with Gasteiger partial charge in [0.15, 0.2) is 0 Å². The zero-order valence-electron chi connectivity index (χ0n) is 14.3. The lowest BCUT2D eigenvalue weighted by atomic mass is 9.92. The fourth-order valence-electron chi connectivity index (χ4n) is 2.97.